The monoisotopic (exact) mass is 408 g/mol. The summed E-state index contributed by atoms with van der Waals surface area (Å²) in [5.74, 6) is 0.797. The van der Waals surface area contributed by atoms with Crippen molar-refractivity contribution in [3.8, 4) is 22.3 Å². The Morgan fingerprint density at radius 3 is 2.88 bits per heavy atom. The van der Waals surface area contributed by atoms with Crippen molar-refractivity contribution in [1.82, 2.24) is 0 Å². The number of hydrogen-bond acceptors (Lipinski definition) is 7. The van der Waals surface area contributed by atoms with Crippen LogP contribution in [0.3, 0.4) is 0 Å². The molecule has 0 unspecified atom stereocenters. The molecule has 0 saturated heterocycles. The van der Waals surface area contributed by atoms with Crippen LogP contribution in [-0.4, -0.2) is 18.3 Å². The highest BCUT2D eigenvalue weighted by atomic mass is 32.9. The van der Waals surface area contributed by atoms with Gasteiger partial charge in [-0.25, -0.2) is 0 Å². The quantitative estimate of drug-likeness (QED) is 0.385. The number of anilines is 1. The molecule has 3 rings (SSSR count). The fourth-order valence-electron chi connectivity index (χ4n) is 3.07. The first-order valence-corrected chi connectivity index (χ1v) is 11.2. The lowest BCUT2D eigenvalue weighted by molar-refractivity contribution is -0.117. The van der Waals surface area contributed by atoms with E-state index in [1.807, 2.05) is 44.4 Å². The van der Waals surface area contributed by atoms with E-state index >= 15 is 0 Å². The van der Waals surface area contributed by atoms with Gasteiger partial charge in [0.05, 0.1) is 28.5 Å². The molecule has 2 aromatic rings. The highest BCUT2D eigenvalue weighted by Crippen LogP contribution is 2.52. The third kappa shape index (κ3) is 3.10. The average Bonchev–Trinajstić information content (AvgIpc) is 2.96. The lowest BCUT2D eigenvalue weighted by Gasteiger charge is -2.42. The number of fused-ring (bicyclic) bond motifs is 3. The van der Waals surface area contributed by atoms with E-state index in [9.17, 15) is 4.79 Å². The Labute approximate surface area is 163 Å². The highest BCUT2D eigenvalue weighted by molar-refractivity contribution is 8.04. The number of carbonyl (C=O) groups excluding carboxylic acids is 1. The summed E-state index contributed by atoms with van der Waals surface area (Å²) in [5, 5.41) is 10.8. The van der Waals surface area contributed by atoms with E-state index in [0.717, 1.165) is 43.0 Å². The molecule has 1 aliphatic rings. The number of nitriles is 1. The Hall–Kier alpha value is -1.40. The minimum atomic E-state index is -0.513. The number of thiocyanates is 1. The van der Waals surface area contributed by atoms with Gasteiger partial charge in [0, 0.05) is 11.1 Å². The molecule has 1 amide bonds. The zero-order valence-electron chi connectivity index (χ0n) is 14.0. The standard InChI is InChI=1S/C17H16N2O2S4/c1-4-21-10-5-6-12-11(7-10)14-15(24-25-16(14)22)17(2,3)19(12)13(20)8-23-9-18/h5-7H,4,8H2,1-3H3. The van der Waals surface area contributed by atoms with Crippen LogP contribution < -0.4 is 9.64 Å². The second kappa shape index (κ2) is 7.08. The Balaban J connectivity index is 2.22. The number of ether oxygens (including phenoxy) is 1. The van der Waals surface area contributed by atoms with Crippen molar-refractivity contribution >= 4 is 56.3 Å². The highest BCUT2D eigenvalue weighted by Gasteiger charge is 2.42. The van der Waals surface area contributed by atoms with Gasteiger partial charge in [-0.1, -0.05) is 32.9 Å². The van der Waals surface area contributed by atoms with E-state index in [2.05, 4.69) is 0 Å². The predicted molar refractivity (Wildman–Crippen MR) is 108 cm³/mol. The van der Waals surface area contributed by atoms with Crippen molar-refractivity contribution in [2.45, 2.75) is 26.3 Å². The van der Waals surface area contributed by atoms with E-state index in [-0.39, 0.29) is 11.7 Å². The van der Waals surface area contributed by atoms with E-state index in [4.69, 9.17) is 22.2 Å². The second-order valence-electron chi connectivity index (χ2n) is 5.94. The average molecular weight is 409 g/mol. The van der Waals surface area contributed by atoms with Crippen LogP contribution in [0.25, 0.3) is 11.1 Å². The first-order valence-electron chi connectivity index (χ1n) is 7.66. The van der Waals surface area contributed by atoms with Gasteiger partial charge in [-0.05, 0) is 50.7 Å². The number of hydrogen-bond donors (Lipinski definition) is 0. The zero-order chi connectivity index (χ0) is 18.2. The van der Waals surface area contributed by atoms with Crippen LogP contribution in [0.2, 0.25) is 0 Å². The van der Waals surface area contributed by atoms with Gasteiger partial charge >= 0.3 is 0 Å². The van der Waals surface area contributed by atoms with E-state index in [1.54, 1.807) is 25.6 Å². The molecule has 0 bridgehead atoms. The Morgan fingerprint density at radius 1 is 1.44 bits per heavy atom. The molecule has 0 atom stereocenters. The van der Waals surface area contributed by atoms with Crippen molar-refractivity contribution in [3.05, 3.63) is 26.9 Å². The number of rotatable bonds is 4. The normalized spacial score (nSPS) is 14.4. The summed E-state index contributed by atoms with van der Waals surface area (Å²) in [6, 6.07) is 5.75. The molecule has 25 heavy (non-hydrogen) atoms. The summed E-state index contributed by atoms with van der Waals surface area (Å²) in [7, 11) is 3.17. The van der Waals surface area contributed by atoms with Gasteiger partial charge in [0.2, 0.25) is 5.91 Å². The summed E-state index contributed by atoms with van der Waals surface area (Å²) in [6.07, 6.45) is 0. The van der Waals surface area contributed by atoms with Crippen molar-refractivity contribution < 1.29 is 9.53 Å². The van der Waals surface area contributed by atoms with Crippen LogP contribution in [0.5, 0.6) is 5.75 Å². The van der Waals surface area contributed by atoms with Crippen molar-refractivity contribution in [2.24, 2.45) is 0 Å². The third-order valence-electron chi connectivity index (χ3n) is 4.05. The maximum atomic E-state index is 12.9. The smallest absolute Gasteiger partial charge is 0.238 e. The van der Waals surface area contributed by atoms with Gasteiger partial charge in [-0.15, -0.1) is 0 Å². The minimum absolute atomic E-state index is 0.0862. The summed E-state index contributed by atoms with van der Waals surface area (Å²) in [6.45, 7) is 6.57. The van der Waals surface area contributed by atoms with E-state index < -0.39 is 5.54 Å². The second-order valence-corrected chi connectivity index (χ2v) is 9.51. The molecule has 4 nitrogen and oxygen atoms in total. The molecule has 0 fully saturated rings. The van der Waals surface area contributed by atoms with Gasteiger partial charge in [0.15, 0.2) is 0 Å². The largest absolute Gasteiger partial charge is 0.494 e. The molecule has 1 aromatic carbocycles. The van der Waals surface area contributed by atoms with Crippen LogP contribution in [0, 0.1) is 14.5 Å². The topological polar surface area (TPSA) is 53.3 Å². The zero-order valence-corrected chi connectivity index (χ0v) is 17.3. The molecule has 0 saturated carbocycles. The predicted octanol–water partition coefficient (Wildman–Crippen LogP) is 5.40. The minimum Gasteiger partial charge on any atom is -0.494 e. The molecule has 0 aliphatic carbocycles. The maximum absolute atomic E-state index is 12.9. The Bertz CT molecular complexity index is 923. The lowest BCUT2D eigenvalue weighted by atomic mass is 9.87. The van der Waals surface area contributed by atoms with Crippen molar-refractivity contribution in [1.29, 1.82) is 5.26 Å². The summed E-state index contributed by atoms with van der Waals surface area (Å²) in [4.78, 5) is 15.7. The van der Waals surface area contributed by atoms with Crippen LogP contribution in [0.15, 0.2) is 18.2 Å². The Morgan fingerprint density at radius 2 is 2.20 bits per heavy atom. The molecular weight excluding hydrogens is 392 g/mol. The number of nitrogens with zero attached hydrogens (tertiary/aromatic N) is 2. The number of carbonyl (C=O) groups is 1. The van der Waals surface area contributed by atoms with Crippen LogP contribution in [0.1, 0.15) is 25.6 Å². The molecule has 0 spiro atoms. The van der Waals surface area contributed by atoms with Gasteiger partial charge in [-0.3, -0.25) is 4.79 Å². The SMILES string of the molecule is CCOc1ccc2c(c1)-c1c(ssc1=S)C(C)(C)N2C(=O)CSC#N. The maximum Gasteiger partial charge on any atom is 0.238 e. The van der Waals surface area contributed by atoms with Crippen molar-refractivity contribution in [3.63, 3.8) is 0 Å². The fraction of sp³-hybridized carbons (Fsp3) is 0.353. The third-order valence-corrected chi connectivity index (χ3v) is 7.90. The molecule has 8 heteroatoms. The van der Waals surface area contributed by atoms with Gasteiger partial charge < -0.3 is 9.64 Å². The van der Waals surface area contributed by atoms with E-state index in [1.165, 1.54) is 0 Å². The van der Waals surface area contributed by atoms with Crippen molar-refractivity contribution in [2.75, 3.05) is 17.3 Å². The summed E-state index contributed by atoms with van der Waals surface area (Å²) in [5.41, 5.74) is 2.27. The summed E-state index contributed by atoms with van der Waals surface area (Å²) >= 11 is 6.53. The fourth-order valence-corrected chi connectivity index (χ4v) is 6.67. The molecule has 2 heterocycles. The summed E-state index contributed by atoms with van der Waals surface area (Å²) < 4.78 is 6.47. The molecule has 130 valence electrons. The molecule has 0 radical (unpaired) electrons. The Kier molecular flexibility index (Phi) is 5.21. The molecule has 1 aromatic heterocycles. The van der Waals surface area contributed by atoms with Gasteiger partial charge in [-0.2, -0.15) is 5.26 Å². The van der Waals surface area contributed by atoms with Crippen LogP contribution >= 0.6 is 44.7 Å². The molecule has 1 aliphatic heterocycles. The van der Waals surface area contributed by atoms with Crippen LogP contribution in [0.4, 0.5) is 5.69 Å². The number of thioether (sulfide) groups is 1. The lowest BCUT2D eigenvalue weighted by Crippen LogP contribution is -2.48. The van der Waals surface area contributed by atoms with Gasteiger partial charge in [0.25, 0.3) is 0 Å². The molecular formula is C17H16N2O2S4. The van der Waals surface area contributed by atoms with Gasteiger partial charge in [0.1, 0.15) is 15.0 Å². The molecule has 0 N–H and O–H groups in total. The number of amides is 1. The first-order chi connectivity index (χ1) is 11.9. The number of benzene rings is 1. The first kappa shape index (κ1) is 18.4. The van der Waals surface area contributed by atoms with E-state index in [0.29, 0.717) is 6.61 Å². The van der Waals surface area contributed by atoms with Crippen LogP contribution in [-0.2, 0) is 10.3 Å².